The minimum atomic E-state index is -2.56. The zero-order valence-corrected chi connectivity index (χ0v) is 9.51. The van der Waals surface area contributed by atoms with Crippen molar-refractivity contribution in [3.63, 3.8) is 0 Å². The third kappa shape index (κ3) is 2.02. The maximum Gasteiger partial charge on any atom is 0.251 e. The standard InChI is InChI=1S/C13H15F2NO/c14-13(15)7-12(16,8-13)6-9-1-2-11-10(5-9)3-4-17-11/h1-2,5H,3-4,6-8,16H2. The van der Waals surface area contributed by atoms with Crippen LogP contribution in [0.15, 0.2) is 18.2 Å². The van der Waals surface area contributed by atoms with Crippen molar-refractivity contribution in [3.05, 3.63) is 29.3 Å². The van der Waals surface area contributed by atoms with E-state index in [2.05, 4.69) is 0 Å². The second-order valence-electron chi connectivity index (χ2n) is 5.29. The summed E-state index contributed by atoms with van der Waals surface area (Å²) in [6.45, 7) is 0.713. The first-order valence-electron chi connectivity index (χ1n) is 5.87. The van der Waals surface area contributed by atoms with Crippen molar-refractivity contribution in [1.82, 2.24) is 0 Å². The maximum atomic E-state index is 12.9. The molecular formula is C13H15F2NO. The number of hydrogen-bond donors (Lipinski definition) is 1. The predicted octanol–water partition coefficient (Wildman–Crippen LogP) is 2.29. The van der Waals surface area contributed by atoms with Gasteiger partial charge in [-0.2, -0.15) is 0 Å². The largest absolute Gasteiger partial charge is 0.493 e. The molecule has 0 radical (unpaired) electrons. The van der Waals surface area contributed by atoms with Gasteiger partial charge in [-0.3, -0.25) is 0 Å². The normalized spacial score (nSPS) is 23.7. The smallest absolute Gasteiger partial charge is 0.251 e. The molecular weight excluding hydrogens is 224 g/mol. The van der Waals surface area contributed by atoms with Crippen LogP contribution in [0, 0.1) is 0 Å². The molecule has 1 aromatic rings. The fraction of sp³-hybridized carbons (Fsp3) is 0.538. The number of alkyl halides is 2. The van der Waals surface area contributed by atoms with Gasteiger partial charge in [0.25, 0.3) is 5.92 Å². The lowest BCUT2D eigenvalue weighted by molar-refractivity contribution is -0.121. The fourth-order valence-corrected chi connectivity index (χ4v) is 2.86. The van der Waals surface area contributed by atoms with Gasteiger partial charge in [0.1, 0.15) is 5.75 Å². The van der Waals surface area contributed by atoms with Crippen LogP contribution >= 0.6 is 0 Å². The summed E-state index contributed by atoms with van der Waals surface area (Å²) in [4.78, 5) is 0. The topological polar surface area (TPSA) is 35.2 Å². The summed E-state index contributed by atoms with van der Waals surface area (Å²) in [6.07, 6.45) is 1.02. The van der Waals surface area contributed by atoms with Gasteiger partial charge in [-0.05, 0) is 23.6 Å². The number of fused-ring (bicyclic) bond motifs is 1. The van der Waals surface area contributed by atoms with Gasteiger partial charge in [0.15, 0.2) is 0 Å². The molecule has 1 aromatic carbocycles. The lowest BCUT2D eigenvalue weighted by Crippen LogP contribution is -2.59. The molecule has 2 nitrogen and oxygen atoms in total. The van der Waals surface area contributed by atoms with E-state index in [0.29, 0.717) is 13.0 Å². The summed E-state index contributed by atoms with van der Waals surface area (Å²) >= 11 is 0. The molecule has 1 heterocycles. The molecule has 0 unspecified atom stereocenters. The van der Waals surface area contributed by atoms with Gasteiger partial charge in [0.05, 0.1) is 6.61 Å². The van der Waals surface area contributed by atoms with Crippen molar-refractivity contribution < 1.29 is 13.5 Å². The highest BCUT2D eigenvalue weighted by Gasteiger charge is 2.54. The van der Waals surface area contributed by atoms with Crippen molar-refractivity contribution in [2.75, 3.05) is 6.61 Å². The van der Waals surface area contributed by atoms with Gasteiger partial charge in [0.2, 0.25) is 0 Å². The van der Waals surface area contributed by atoms with E-state index in [9.17, 15) is 8.78 Å². The van der Waals surface area contributed by atoms with E-state index < -0.39 is 11.5 Å². The molecule has 17 heavy (non-hydrogen) atoms. The summed E-state index contributed by atoms with van der Waals surface area (Å²) < 4.78 is 31.1. The Morgan fingerprint density at radius 2 is 2.06 bits per heavy atom. The van der Waals surface area contributed by atoms with E-state index in [-0.39, 0.29) is 12.8 Å². The third-order valence-electron chi connectivity index (χ3n) is 3.53. The predicted molar refractivity (Wildman–Crippen MR) is 60.4 cm³/mol. The van der Waals surface area contributed by atoms with Crippen molar-refractivity contribution in [3.8, 4) is 5.75 Å². The van der Waals surface area contributed by atoms with Crippen LogP contribution in [0.5, 0.6) is 5.75 Å². The first-order chi connectivity index (χ1) is 7.96. The molecule has 0 amide bonds. The van der Waals surface area contributed by atoms with E-state index in [1.165, 1.54) is 0 Å². The highest BCUT2D eigenvalue weighted by atomic mass is 19.3. The summed E-state index contributed by atoms with van der Waals surface area (Å²) in [5.41, 5.74) is 7.42. The van der Waals surface area contributed by atoms with Crippen molar-refractivity contribution in [1.29, 1.82) is 0 Å². The molecule has 1 aliphatic carbocycles. The summed E-state index contributed by atoms with van der Waals surface area (Å²) in [7, 11) is 0. The van der Waals surface area contributed by atoms with E-state index in [4.69, 9.17) is 10.5 Å². The van der Waals surface area contributed by atoms with Crippen LogP contribution in [0.3, 0.4) is 0 Å². The lowest BCUT2D eigenvalue weighted by atomic mass is 9.70. The van der Waals surface area contributed by atoms with Crippen LogP contribution in [-0.2, 0) is 12.8 Å². The fourth-order valence-electron chi connectivity index (χ4n) is 2.86. The Bertz CT molecular complexity index is 451. The second-order valence-corrected chi connectivity index (χ2v) is 5.29. The van der Waals surface area contributed by atoms with Crippen LogP contribution in [0.4, 0.5) is 8.78 Å². The van der Waals surface area contributed by atoms with Gasteiger partial charge in [-0.1, -0.05) is 12.1 Å². The highest BCUT2D eigenvalue weighted by Crippen LogP contribution is 2.45. The maximum absolute atomic E-state index is 12.9. The average Bonchev–Trinajstić information content (AvgIpc) is 2.60. The van der Waals surface area contributed by atoms with E-state index in [1.54, 1.807) is 0 Å². The molecule has 2 aliphatic rings. The number of nitrogens with two attached hydrogens (primary N) is 1. The Morgan fingerprint density at radius 3 is 2.76 bits per heavy atom. The minimum Gasteiger partial charge on any atom is -0.493 e. The first-order valence-corrected chi connectivity index (χ1v) is 5.87. The van der Waals surface area contributed by atoms with Crippen molar-refractivity contribution in [2.45, 2.75) is 37.1 Å². The van der Waals surface area contributed by atoms with E-state index in [1.807, 2.05) is 18.2 Å². The Hall–Kier alpha value is -1.16. The van der Waals surface area contributed by atoms with E-state index >= 15 is 0 Å². The summed E-state index contributed by atoms with van der Waals surface area (Å²) in [5.74, 6) is -1.65. The molecule has 0 spiro atoms. The monoisotopic (exact) mass is 239 g/mol. The zero-order valence-electron chi connectivity index (χ0n) is 9.51. The van der Waals surface area contributed by atoms with Crippen LogP contribution in [0.25, 0.3) is 0 Å². The molecule has 0 saturated heterocycles. The summed E-state index contributed by atoms with van der Waals surface area (Å²) in [5, 5.41) is 0. The molecule has 3 rings (SSSR count). The Labute approximate surface area is 98.8 Å². The van der Waals surface area contributed by atoms with Gasteiger partial charge in [-0.15, -0.1) is 0 Å². The Kier molecular flexibility index (Phi) is 2.20. The number of rotatable bonds is 2. The van der Waals surface area contributed by atoms with Gasteiger partial charge >= 0.3 is 0 Å². The molecule has 1 saturated carbocycles. The van der Waals surface area contributed by atoms with Crippen LogP contribution in [-0.4, -0.2) is 18.1 Å². The molecule has 4 heteroatoms. The molecule has 1 fully saturated rings. The van der Waals surface area contributed by atoms with Crippen molar-refractivity contribution >= 4 is 0 Å². The third-order valence-corrected chi connectivity index (χ3v) is 3.53. The SMILES string of the molecule is NC1(Cc2ccc3c(c2)CCO3)CC(F)(F)C1. The second kappa shape index (κ2) is 3.42. The van der Waals surface area contributed by atoms with Gasteiger partial charge in [0, 0.05) is 24.8 Å². The number of hydrogen-bond acceptors (Lipinski definition) is 2. The van der Waals surface area contributed by atoms with E-state index in [0.717, 1.165) is 23.3 Å². The quantitative estimate of drug-likeness (QED) is 0.859. The first kappa shape index (κ1) is 11.0. The average molecular weight is 239 g/mol. The Morgan fingerprint density at radius 1 is 1.29 bits per heavy atom. The van der Waals surface area contributed by atoms with Gasteiger partial charge in [-0.25, -0.2) is 8.78 Å². The Balaban J connectivity index is 1.74. The van der Waals surface area contributed by atoms with Crippen LogP contribution in [0.2, 0.25) is 0 Å². The highest BCUT2D eigenvalue weighted by molar-refractivity contribution is 5.40. The van der Waals surface area contributed by atoms with Crippen LogP contribution < -0.4 is 10.5 Å². The van der Waals surface area contributed by atoms with Crippen molar-refractivity contribution in [2.24, 2.45) is 5.73 Å². The number of benzene rings is 1. The molecule has 0 atom stereocenters. The number of ether oxygens (including phenoxy) is 1. The number of halogens is 2. The van der Waals surface area contributed by atoms with Crippen LogP contribution in [0.1, 0.15) is 24.0 Å². The molecule has 2 N–H and O–H groups in total. The molecule has 92 valence electrons. The molecule has 0 bridgehead atoms. The lowest BCUT2D eigenvalue weighted by Gasteiger charge is -2.44. The zero-order chi connectivity index (χ0) is 12.1. The van der Waals surface area contributed by atoms with Gasteiger partial charge < -0.3 is 10.5 Å². The molecule has 0 aromatic heterocycles. The minimum absolute atomic E-state index is 0.201. The summed E-state index contributed by atoms with van der Waals surface area (Å²) in [6, 6.07) is 5.88. The molecule has 1 aliphatic heterocycles.